The SMILES string of the molecule is Cc1cccc(C)c1NC(=S)N1CCCC[C@@H]1CO. The summed E-state index contributed by atoms with van der Waals surface area (Å²) >= 11 is 5.52. The van der Waals surface area contributed by atoms with Gasteiger partial charge in [0.25, 0.3) is 0 Å². The van der Waals surface area contributed by atoms with Gasteiger partial charge in [-0.3, -0.25) is 0 Å². The van der Waals surface area contributed by atoms with E-state index >= 15 is 0 Å². The molecule has 1 fully saturated rings. The van der Waals surface area contributed by atoms with Crippen LogP contribution in [0.5, 0.6) is 0 Å². The Balaban J connectivity index is 2.12. The maximum atomic E-state index is 9.46. The first-order valence-electron chi connectivity index (χ1n) is 6.88. The Kier molecular flexibility index (Phi) is 4.77. The molecule has 0 radical (unpaired) electrons. The summed E-state index contributed by atoms with van der Waals surface area (Å²) in [6, 6.07) is 6.38. The molecule has 1 aliphatic heterocycles. The van der Waals surface area contributed by atoms with E-state index in [1.54, 1.807) is 0 Å². The maximum absolute atomic E-state index is 9.46. The lowest BCUT2D eigenvalue weighted by Crippen LogP contribution is -2.47. The molecule has 0 bridgehead atoms. The molecule has 0 aromatic heterocycles. The minimum absolute atomic E-state index is 0.165. The molecule has 19 heavy (non-hydrogen) atoms. The second-order valence-corrected chi connectivity index (χ2v) is 5.61. The van der Waals surface area contributed by atoms with E-state index in [1.807, 2.05) is 0 Å². The number of likely N-dealkylation sites (tertiary alicyclic amines) is 1. The number of benzene rings is 1. The van der Waals surface area contributed by atoms with Crippen molar-refractivity contribution in [2.75, 3.05) is 18.5 Å². The molecule has 3 nitrogen and oxygen atoms in total. The Bertz CT molecular complexity index is 441. The van der Waals surface area contributed by atoms with Gasteiger partial charge in [-0.25, -0.2) is 0 Å². The van der Waals surface area contributed by atoms with Crippen LogP contribution in [-0.2, 0) is 0 Å². The third kappa shape index (κ3) is 3.25. The van der Waals surface area contributed by atoms with Crippen LogP contribution in [0.25, 0.3) is 0 Å². The summed E-state index contributed by atoms with van der Waals surface area (Å²) in [6.45, 7) is 5.27. The van der Waals surface area contributed by atoms with E-state index in [-0.39, 0.29) is 12.6 Å². The predicted molar refractivity (Wildman–Crippen MR) is 83.6 cm³/mol. The first-order chi connectivity index (χ1) is 9.13. The van der Waals surface area contributed by atoms with E-state index in [1.165, 1.54) is 17.5 Å². The van der Waals surface area contributed by atoms with E-state index in [4.69, 9.17) is 12.2 Å². The van der Waals surface area contributed by atoms with Crippen molar-refractivity contribution in [2.24, 2.45) is 0 Å². The third-order valence-corrected chi connectivity index (χ3v) is 4.15. The minimum atomic E-state index is 0.165. The number of thiocarbonyl (C=S) groups is 1. The number of aliphatic hydroxyl groups excluding tert-OH is 1. The first kappa shape index (κ1) is 14.3. The van der Waals surface area contributed by atoms with Crippen LogP contribution in [0, 0.1) is 13.8 Å². The van der Waals surface area contributed by atoms with Gasteiger partial charge in [0.15, 0.2) is 5.11 Å². The van der Waals surface area contributed by atoms with Gasteiger partial charge in [-0.15, -0.1) is 0 Å². The highest BCUT2D eigenvalue weighted by Gasteiger charge is 2.24. The summed E-state index contributed by atoms with van der Waals surface area (Å²) in [6.07, 6.45) is 3.34. The van der Waals surface area contributed by atoms with Gasteiger partial charge in [0.2, 0.25) is 0 Å². The smallest absolute Gasteiger partial charge is 0.173 e. The number of piperidine rings is 1. The van der Waals surface area contributed by atoms with Crippen molar-refractivity contribution in [1.29, 1.82) is 0 Å². The van der Waals surface area contributed by atoms with E-state index < -0.39 is 0 Å². The average Bonchev–Trinajstić information content (AvgIpc) is 2.42. The van der Waals surface area contributed by atoms with Crippen LogP contribution < -0.4 is 5.32 Å². The molecule has 4 heteroatoms. The summed E-state index contributed by atoms with van der Waals surface area (Å²) in [4.78, 5) is 2.13. The lowest BCUT2D eigenvalue weighted by atomic mass is 10.0. The fourth-order valence-electron chi connectivity index (χ4n) is 2.65. The van der Waals surface area contributed by atoms with E-state index in [9.17, 15) is 5.11 Å². The first-order valence-corrected chi connectivity index (χ1v) is 7.29. The Morgan fingerprint density at radius 2 is 2.05 bits per heavy atom. The van der Waals surface area contributed by atoms with Gasteiger partial charge in [-0.1, -0.05) is 18.2 Å². The highest BCUT2D eigenvalue weighted by atomic mass is 32.1. The van der Waals surface area contributed by atoms with Crippen molar-refractivity contribution in [3.63, 3.8) is 0 Å². The zero-order valence-electron chi connectivity index (χ0n) is 11.6. The molecule has 1 aromatic carbocycles. The van der Waals surface area contributed by atoms with Crippen LogP contribution in [0.1, 0.15) is 30.4 Å². The highest BCUT2D eigenvalue weighted by Crippen LogP contribution is 2.22. The highest BCUT2D eigenvalue weighted by molar-refractivity contribution is 7.80. The summed E-state index contributed by atoms with van der Waals surface area (Å²) in [7, 11) is 0. The molecule has 0 aliphatic carbocycles. The summed E-state index contributed by atoms with van der Waals surface area (Å²) in [5, 5.41) is 13.5. The molecule has 1 aromatic rings. The number of hydrogen-bond acceptors (Lipinski definition) is 2. The van der Waals surface area contributed by atoms with Crippen LogP contribution in [0.15, 0.2) is 18.2 Å². The molecule has 0 unspecified atom stereocenters. The van der Waals surface area contributed by atoms with Crippen molar-refractivity contribution in [2.45, 2.75) is 39.2 Å². The summed E-state index contributed by atoms with van der Waals surface area (Å²) < 4.78 is 0. The van der Waals surface area contributed by atoms with Crippen LogP contribution in [0.2, 0.25) is 0 Å². The maximum Gasteiger partial charge on any atom is 0.173 e. The zero-order valence-corrected chi connectivity index (χ0v) is 12.5. The minimum Gasteiger partial charge on any atom is -0.394 e. The largest absolute Gasteiger partial charge is 0.394 e. The van der Waals surface area contributed by atoms with Gasteiger partial charge in [-0.2, -0.15) is 0 Å². The van der Waals surface area contributed by atoms with Crippen molar-refractivity contribution >= 4 is 23.0 Å². The molecule has 0 spiro atoms. The van der Waals surface area contributed by atoms with Gasteiger partial charge in [0.05, 0.1) is 12.6 Å². The van der Waals surface area contributed by atoms with Gasteiger partial charge in [0.1, 0.15) is 0 Å². The third-order valence-electron chi connectivity index (χ3n) is 3.81. The summed E-state index contributed by atoms with van der Waals surface area (Å²) in [5.74, 6) is 0. The number of nitrogens with one attached hydrogen (secondary N) is 1. The number of para-hydroxylation sites is 1. The Morgan fingerprint density at radius 3 is 2.68 bits per heavy atom. The molecular weight excluding hydrogens is 256 g/mol. The molecule has 104 valence electrons. The van der Waals surface area contributed by atoms with Crippen molar-refractivity contribution in [3.8, 4) is 0 Å². The number of aliphatic hydroxyl groups is 1. The van der Waals surface area contributed by atoms with Gasteiger partial charge >= 0.3 is 0 Å². The molecule has 2 N–H and O–H groups in total. The Labute approximate surface area is 120 Å². The van der Waals surface area contributed by atoms with Crippen LogP contribution in [0.4, 0.5) is 5.69 Å². The lowest BCUT2D eigenvalue weighted by Gasteiger charge is -2.37. The number of nitrogens with zero attached hydrogens (tertiary/aromatic N) is 1. The monoisotopic (exact) mass is 278 g/mol. The number of aryl methyl sites for hydroxylation is 2. The molecule has 1 heterocycles. The topological polar surface area (TPSA) is 35.5 Å². The lowest BCUT2D eigenvalue weighted by molar-refractivity contribution is 0.149. The Hall–Kier alpha value is -1.13. The fourth-order valence-corrected chi connectivity index (χ4v) is 2.99. The van der Waals surface area contributed by atoms with Crippen LogP contribution in [0.3, 0.4) is 0 Å². The van der Waals surface area contributed by atoms with Gasteiger partial charge in [0, 0.05) is 12.2 Å². The molecule has 0 amide bonds. The van der Waals surface area contributed by atoms with Gasteiger partial charge < -0.3 is 15.3 Å². The second kappa shape index (κ2) is 6.35. The Morgan fingerprint density at radius 1 is 1.37 bits per heavy atom. The van der Waals surface area contributed by atoms with Crippen molar-refractivity contribution in [3.05, 3.63) is 29.3 Å². The molecule has 0 saturated carbocycles. The predicted octanol–water partition coefficient (Wildman–Crippen LogP) is 2.85. The van der Waals surface area contributed by atoms with E-state index in [0.29, 0.717) is 0 Å². The normalized spacial score (nSPS) is 19.3. The van der Waals surface area contributed by atoms with Crippen LogP contribution >= 0.6 is 12.2 Å². The quantitative estimate of drug-likeness (QED) is 0.816. The molecule has 1 aliphatic rings. The molecular formula is C15H22N2OS. The molecule has 1 atom stereocenters. The van der Waals surface area contributed by atoms with Crippen molar-refractivity contribution < 1.29 is 5.11 Å². The number of anilines is 1. The van der Waals surface area contributed by atoms with Crippen LogP contribution in [-0.4, -0.2) is 34.3 Å². The number of hydrogen-bond donors (Lipinski definition) is 2. The number of rotatable bonds is 2. The molecule has 2 rings (SSSR count). The average molecular weight is 278 g/mol. The molecule has 1 saturated heterocycles. The van der Waals surface area contributed by atoms with Crippen molar-refractivity contribution in [1.82, 2.24) is 4.90 Å². The van der Waals surface area contributed by atoms with E-state index in [2.05, 4.69) is 42.3 Å². The summed E-state index contributed by atoms with van der Waals surface area (Å²) in [5.41, 5.74) is 3.48. The van der Waals surface area contributed by atoms with E-state index in [0.717, 1.165) is 30.2 Å². The standard InChI is InChI=1S/C15H22N2OS/c1-11-6-5-7-12(2)14(11)16-15(19)17-9-4-3-8-13(17)10-18/h5-7,13,18H,3-4,8-10H2,1-2H3,(H,16,19)/t13-/m1/s1. The second-order valence-electron chi connectivity index (χ2n) is 5.22. The fraction of sp³-hybridized carbons (Fsp3) is 0.533. The zero-order chi connectivity index (χ0) is 13.8. The van der Waals surface area contributed by atoms with Gasteiger partial charge in [-0.05, 0) is 56.5 Å².